The molecule has 2 aliphatic heterocycles. The van der Waals surface area contributed by atoms with Crippen molar-refractivity contribution in [1.29, 1.82) is 0 Å². The number of para-hydroxylation sites is 1. The number of ether oxygens (including phenoxy) is 2. The van der Waals surface area contributed by atoms with Crippen LogP contribution in [-0.2, 0) is 9.53 Å². The summed E-state index contributed by atoms with van der Waals surface area (Å²) in [5, 5.41) is 2.94. The van der Waals surface area contributed by atoms with Crippen LogP contribution in [0.2, 0.25) is 0 Å². The Balaban J connectivity index is 1.31. The lowest BCUT2D eigenvalue weighted by molar-refractivity contribution is -0.117. The van der Waals surface area contributed by atoms with Gasteiger partial charge in [0.1, 0.15) is 6.10 Å². The second-order valence-electron chi connectivity index (χ2n) is 7.43. The van der Waals surface area contributed by atoms with Crippen molar-refractivity contribution in [3.8, 4) is 5.88 Å². The first-order valence-electron chi connectivity index (χ1n) is 10.0. The molecule has 0 aliphatic carbocycles. The van der Waals surface area contributed by atoms with Gasteiger partial charge in [0.15, 0.2) is 0 Å². The van der Waals surface area contributed by atoms with E-state index < -0.39 is 0 Å². The number of benzene rings is 1. The molecule has 4 rings (SSSR count). The fraction of sp³-hybridized carbons (Fsp3) is 0.409. The summed E-state index contributed by atoms with van der Waals surface area (Å²) in [6.45, 7) is 2.43. The van der Waals surface area contributed by atoms with Gasteiger partial charge >= 0.3 is 0 Å². The molecule has 0 bridgehead atoms. The third-order valence-electron chi connectivity index (χ3n) is 5.28. The smallest absolute Gasteiger partial charge is 0.251 e. The molecule has 152 valence electrons. The number of carbonyl (C=O) groups excluding carboxylic acids is 2. The van der Waals surface area contributed by atoms with Crippen LogP contribution in [0, 0.1) is 5.92 Å². The minimum Gasteiger partial charge on any atom is -0.474 e. The van der Waals surface area contributed by atoms with E-state index in [-0.39, 0.29) is 23.8 Å². The van der Waals surface area contributed by atoms with Gasteiger partial charge in [-0.3, -0.25) is 9.59 Å². The number of nitrogens with one attached hydrogen (secondary N) is 1. The van der Waals surface area contributed by atoms with Crippen LogP contribution in [0.3, 0.4) is 0 Å². The van der Waals surface area contributed by atoms with Gasteiger partial charge in [0.25, 0.3) is 5.91 Å². The first-order valence-corrected chi connectivity index (χ1v) is 10.0. The summed E-state index contributed by atoms with van der Waals surface area (Å²) in [5.74, 6) is 0.448. The van der Waals surface area contributed by atoms with Gasteiger partial charge in [-0.25, -0.2) is 4.98 Å². The third kappa shape index (κ3) is 4.92. The normalized spacial score (nSPS) is 19.9. The van der Waals surface area contributed by atoms with Crippen molar-refractivity contribution in [3.63, 3.8) is 0 Å². The van der Waals surface area contributed by atoms with Gasteiger partial charge in [-0.1, -0.05) is 18.2 Å². The molecule has 2 fully saturated rings. The quantitative estimate of drug-likeness (QED) is 0.813. The topological polar surface area (TPSA) is 80.8 Å². The van der Waals surface area contributed by atoms with E-state index in [9.17, 15) is 9.59 Å². The highest BCUT2D eigenvalue weighted by molar-refractivity contribution is 5.96. The number of nitrogens with zero attached hydrogens (tertiary/aromatic N) is 2. The lowest BCUT2D eigenvalue weighted by atomic mass is 10.1. The Morgan fingerprint density at radius 1 is 1.21 bits per heavy atom. The van der Waals surface area contributed by atoms with Crippen LogP contribution in [0.15, 0.2) is 48.7 Å². The Hall–Kier alpha value is -2.93. The summed E-state index contributed by atoms with van der Waals surface area (Å²) in [5.41, 5.74) is 1.40. The highest BCUT2D eigenvalue weighted by Gasteiger charge is 2.30. The van der Waals surface area contributed by atoms with Crippen molar-refractivity contribution < 1.29 is 19.1 Å². The summed E-state index contributed by atoms with van der Waals surface area (Å²) in [6.07, 6.45) is 3.74. The molecule has 2 amide bonds. The molecule has 2 saturated heterocycles. The fourth-order valence-corrected chi connectivity index (χ4v) is 3.69. The Kier molecular flexibility index (Phi) is 6.05. The SMILES string of the molecule is O=C(NCC1CC(=O)N(c2ccccc2)C1)c1ccnc(OC2CCOCC2)c1. The van der Waals surface area contributed by atoms with Crippen molar-refractivity contribution in [2.24, 2.45) is 5.92 Å². The van der Waals surface area contributed by atoms with E-state index in [0.717, 1.165) is 18.5 Å². The highest BCUT2D eigenvalue weighted by Crippen LogP contribution is 2.24. The molecule has 7 heteroatoms. The van der Waals surface area contributed by atoms with Gasteiger partial charge in [0.2, 0.25) is 11.8 Å². The predicted octanol–water partition coefficient (Wildman–Crippen LogP) is 2.42. The number of amides is 2. The Labute approximate surface area is 170 Å². The highest BCUT2D eigenvalue weighted by atomic mass is 16.5. The van der Waals surface area contributed by atoms with E-state index in [0.29, 0.717) is 44.2 Å². The molecule has 1 aromatic carbocycles. The maximum Gasteiger partial charge on any atom is 0.251 e. The number of hydrogen-bond donors (Lipinski definition) is 1. The second kappa shape index (κ2) is 9.05. The Bertz CT molecular complexity index is 852. The van der Waals surface area contributed by atoms with Crippen molar-refractivity contribution in [1.82, 2.24) is 10.3 Å². The van der Waals surface area contributed by atoms with Crippen LogP contribution in [0.25, 0.3) is 0 Å². The molecule has 1 atom stereocenters. The van der Waals surface area contributed by atoms with Crippen LogP contribution in [0.5, 0.6) is 5.88 Å². The zero-order valence-corrected chi connectivity index (χ0v) is 16.3. The van der Waals surface area contributed by atoms with Crippen LogP contribution < -0.4 is 15.0 Å². The molecular weight excluding hydrogens is 370 g/mol. The van der Waals surface area contributed by atoms with Gasteiger partial charge in [0.05, 0.1) is 13.2 Å². The van der Waals surface area contributed by atoms with E-state index in [1.54, 1.807) is 23.2 Å². The van der Waals surface area contributed by atoms with Crippen molar-refractivity contribution in [2.45, 2.75) is 25.4 Å². The molecule has 2 aromatic rings. The predicted molar refractivity (Wildman–Crippen MR) is 108 cm³/mol. The molecule has 0 saturated carbocycles. The molecule has 0 radical (unpaired) electrons. The average Bonchev–Trinajstić information content (AvgIpc) is 3.14. The van der Waals surface area contributed by atoms with Gasteiger partial charge in [0, 0.05) is 61.8 Å². The van der Waals surface area contributed by atoms with E-state index >= 15 is 0 Å². The van der Waals surface area contributed by atoms with Crippen LogP contribution in [0.4, 0.5) is 5.69 Å². The average molecular weight is 395 g/mol. The van der Waals surface area contributed by atoms with Gasteiger partial charge < -0.3 is 19.7 Å². The summed E-state index contributed by atoms with van der Waals surface area (Å²) in [6, 6.07) is 13.0. The zero-order valence-electron chi connectivity index (χ0n) is 16.3. The van der Waals surface area contributed by atoms with Crippen LogP contribution in [-0.4, -0.2) is 49.2 Å². The number of aromatic nitrogens is 1. The Morgan fingerprint density at radius 2 is 2.00 bits per heavy atom. The van der Waals surface area contributed by atoms with E-state index in [1.807, 2.05) is 30.3 Å². The molecular formula is C22H25N3O4. The number of pyridine rings is 1. The maximum atomic E-state index is 12.6. The number of hydrogen-bond acceptors (Lipinski definition) is 5. The molecule has 2 aliphatic rings. The molecule has 1 N–H and O–H groups in total. The minimum atomic E-state index is -0.185. The van der Waals surface area contributed by atoms with Crippen molar-refractivity contribution in [3.05, 3.63) is 54.2 Å². The van der Waals surface area contributed by atoms with Crippen LogP contribution >= 0.6 is 0 Å². The second-order valence-corrected chi connectivity index (χ2v) is 7.43. The summed E-state index contributed by atoms with van der Waals surface area (Å²) in [7, 11) is 0. The number of carbonyl (C=O) groups is 2. The first kappa shape index (κ1) is 19.4. The summed E-state index contributed by atoms with van der Waals surface area (Å²) in [4.78, 5) is 30.9. The fourth-order valence-electron chi connectivity index (χ4n) is 3.69. The third-order valence-corrected chi connectivity index (χ3v) is 5.28. The van der Waals surface area contributed by atoms with Gasteiger partial charge in [-0.2, -0.15) is 0 Å². The molecule has 7 nitrogen and oxygen atoms in total. The van der Waals surface area contributed by atoms with Crippen LogP contribution in [0.1, 0.15) is 29.6 Å². The van der Waals surface area contributed by atoms with E-state index in [2.05, 4.69) is 10.3 Å². The maximum absolute atomic E-state index is 12.6. The molecule has 29 heavy (non-hydrogen) atoms. The largest absolute Gasteiger partial charge is 0.474 e. The van der Waals surface area contributed by atoms with Gasteiger partial charge in [-0.05, 0) is 18.2 Å². The number of rotatable bonds is 6. The lowest BCUT2D eigenvalue weighted by Crippen LogP contribution is -2.31. The summed E-state index contributed by atoms with van der Waals surface area (Å²) >= 11 is 0. The standard InChI is InChI=1S/C22H25N3O4/c26-21-12-16(15-25(21)18-4-2-1-3-5-18)14-24-22(27)17-6-9-23-20(13-17)29-19-7-10-28-11-8-19/h1-6,9,13,16,19H,7-8,10-12,14-15H2,(H,24,27). The molecule has 0 spiro atoms. The van der Waals surface area contributed by atoms with Gasteiger partial charge in [-0.15, -0.1) is 0 Å². The lowest BCUT2D eigenvalue weighted by Gasteiger charge is -2.22. The van der Waals surface area contributed by atoms with Crippen molar-refractivity contribution in [2.75, 3.05) is 31.2 Å². The number of anilines is 1. The monoisotopic (exact) mass is 395 g/mol. The van der Waals surface area contributed by atoms with E-state index in [1.165, 1.54) is 0 Å². The zero-order chi connectivity index (χ0) is 20.1. The van der Waals surface area contributed by atoms with E-state index in [4.69, 9.17) is 9.47 Å². The Morgan fingerprint density at radius 3 is 2.79 bits per heavy atom. The molecule has 1 aromatic heterocycles. The minimum absolute atomic E-state index is 0.0723. The molecule has 3 heterocycles. The molecule has 1 unspecified atom stereocenters. The summed E-state index contributed by atoms with van der Waals surface area (Å²) < 4.78 is 11.2. The van der Waals surface area contributed by atoms with Crippen molar-refractivity contribution >= 4 is 17.5 Å². The first-order chi connectivity index (χ1) is 14.2.